The predicted molar refractivity (Wildman–Crippen MR) is 123 cm³/mol. The lowest BCUT2D eigenvalue weighted by Gasteiger charge is -2.35. The number of rotatable bonds is 1. The fourth-order valence-electron chi connectivity index (χ4n) is 4.92. The fourth-order valence-corrected chi connectivity index (χ4v) is 4.92. The number of anilines is 2. The zero-order chi connectivity index (χ0) is 19.6. The highest BCUT2D eigenvalue weighted by Crippen LogP contribution is 2.47. The van der Waals surface area contributed by atoms with Gasteiger partial charge in [0, 0.05) is 33.2 Å². The molecule has 0 aliphatic carbocycles. The lowest BCUT2D eigenvalue weighted by Crippen LogP contribution is -2.25. The summed E-state index contributed by atoms with van der Waals surface area (Å²) in [5, 5.41) is 6.30. The van der Waals surface area contributed by atoms with Crippen LogP contribution >= 0.6 is 0 Å². The number of para-hydroxylation sites is 3. The maximum atomic E-state index is 3.70. The van der Waals surface area contributed by atoms with E-state index in [0.717, 1.165) is 0 Å². The Balaban J connectivity index is 1.73. The number of aromatic nitrogens is 1. The van der Waals surface area contributed by atoms with Gasteiger partial charge in [-0.05, 0) is 47.5 Å². The molecular formula is C27H22N2. The second-order valence-electron chi connectivity index (χ2n) is 8.40. The summed E-state index contributed by atoms with van der Waals surface area (Å²) in [7, 11) is 0. The molecule has 1 N–H and O–H groups in total. The molecular weight excluding hydrogens is 352 g/mol. The monoisotopic (exact) mass is 374 g/mol. The van der Waals surface area contributed by atoms with Gasteiger partial charge in [-0.25, -0.2) is 0 Å². The molecule has 140 valence electrons. The Bertz CT molecular complexity index is 1390. The summed E-state index contributed by atoms with van der Waals surface area (Å²) < 4.78 is 2.38. The van der Waals surface area contributed by atoms with Crippen molar-refractivity contribution in [3.05, 3.63) is 102 Å². The summed E-state index contributed by atoms with van der Waals surface area (Å²) in [6.45, 7) is 4.65. The fraction of sp³-hybridized carbons (Fsp3) is 0.111. The van der Waals surface area contributed by atoms with Gasteiger partial charge in [0.25, 0.3) is 0 Å². The van der Waals surface area contributed by atoms with Gasteiger partial charge >= 0.3 is 0 Å². The highest BCUT2D eigenvalue weighted by molar-refractivity contribution is 6.11. The minimum absolute atomic E-state index is 0.0542. The summed E-state index contributed by atoms with van der Waals surface area (Å²) in [6, 6.07) is 32.7. The largest absolute Gasteiger partial charge is 0.355 e. The van der Waals surface area contributed by atoms with E-state index < -0.39 is 0 Å². The molecule has 1 aliphatic rings. The molecule has 0 radical (unpaired) electrons. The summed E-state index contributed by atoms with van der Waals surface area (Å²) in [5.74, 6) is 0. The zero-order valence-corrected chi connectivity index (χ0v) is 16.6. The Morgan fingerprint density at radius 3 is 2.21 bits per heavy atom. The van der Waals surface area contributed by atoms with E-state index in [0.29, 0.717) is 0 Å². The van der Waals surface area contributed by atoms with Crippen LogP contribution in [0.5, 0.6) is 0 Å². The number of hydrogen-bond acceptors (Lipinski definition) is 1. The molecule has 1 aliphatic heterocycles. The number of hydrogen-bond donors (Lipinski definition) is 1. The van der Waals surface area contributed by atoms with Crippen LogP contribution in [0.25, 0.3) is 27.5 Å². The molecule has 0 spiro atoms. The molecule has 0 bridgehead atoms. The van der Waals surface area contributed by atoms with Crippen molar-refractivity contribution >= 4 is 33.2 Å². The van der Waals surface area contributed by atoms with Crippen LogP contribution in [0.1, 0.15) is 25.0 Å². The lowest BCUT2D eigenvalue weighted by atomic mass is 9.74. The molecule has 0 fully saturated rings. The molecule has 5 aromatic rings. The number of benzene rings is 4. The molecule has 0 unspecified atom stereocenters. The van der Waals surface area contributed by atoms with Crippen molar-refractivity contribution < 1.29 is 0 Å². The maximum Gasteiger partial charge on any atom is 0.0561 e. The van der Waals surface area contributed by atoms with E-state index in [1.54, 1.807) is 0 Å². The Morgan fingerprint density at radius 1 is 0.621 bits per heavy atom. The highest BCUT2D eigenvalue weighted by Gasteiger charge is 2.33. The molecule has 0 atom stereocenters. The molecule has 0 amide bonds. The summed E-state index contributed by atoms with van der Waals surface area (Å²) in [5.41, 5.74) is 8.70. The van der Waals surface area contributed by atoms with Crippen LogP contribution in [0.4, 0.5) is 11.4 Å². The summed E-state index contributed by atoms with van der Waals surface area (Å²) >= 11 is 0. The van der Waals surface area contributed by atoms with Gasteiger partial charge in [0.1, 0.15) is 0 Å². The SMILES string of the molecule is CC1(C)c2ccccc2Nc2cc3c(cc21)c1ccccc1n3-c1ccccc1. The normalized spacial score (nSPS) is 14.4. The van der Waals surface area contributed by atoms with Gasteiger partial charge in [0.05, 0.1) is 11.0 Å². The smallest absolute Gasteiger partial charge is 0.0561 e. The quantitative estimate of drug-likeness (QED) is 0.329. The molecule has 4 aromatic carbocycles. The van der Waals surface area contributed by atoms with E-state index in [1.165, 1.54) is 50.0 Å². The highest BCUT2D eigenvalue weighted by atomic mass is 15.0. The average Bonchev–Trinajstić information content (AvgIpc) is 3.07. The molecule has 0 saturated carbocycles. The van der Waals surface area contributed by atoms with Crippen LogP contribution in [0.3, 0.4) is 0 Å². The molecule has 1 aromatic heterocycles. The van der Waals surface area contributed by atoms with Crippen molar-refractivity contribution in [1.29, 1.82) is 0 Å². The Hall–Kier alpha value is -3.52. The first-order valence-electron chi connectivity index (χ1n) is 10.1. The van der Waals surface area contributed by atoms with Gasteiger partial charge in [-0.2, -0.15) is 0 Å². The van der Waals surface area contributed by atoms with Gasteiger partial charge in [-0.3, -0.25) is 0 Å². The van der Waals surface area contributed by atoms with Gasteiger partial charge < -0.3 is 9.88 Å². The average molecular weight is 374 g/mol. The van der Waals surface area contributed by atoms with Crippen molar-refractivity contribution in [3.8, 4) is 5.69 Å². The first-order chi connectivity index (χ1) is 14.1. The number of fused-ring (bicyclic) bond motifs is 5. The van der Waals surface area contributed by atoms with Gasteiger partial charge in [0.15, 0.2) is 0 Å². The van der Waals surface area contributed by atoms with E-state index in [-0.39, 0.29) is 5.41 Å². The van der Waals surface area contributed by atoms with Crippen molar-refractivity contribution in [3.63, 3.8) is 0 Å². The van der Waals surface area contributed by atoms with Gasteiger partial charge in [-0.1, -0.05) is 68.4 Å². The van der Waals surface area contributed by atoms with Crippen molar-refractivity contribution in [2.24, 2.45) is 0 Å². The third-order valence-corrected chi connectivity index (χ3v) is 6.37. The van der Waals surface area contributed by atoms with Gasteiger partial charge in [0.2, 0.25) is 0 Å². The number of nitrogens with zero attached hydrogens (tertiary/aromatic N) is 1. The van der Waals surface area contributed by atoms with Crippen LogP contribution in [-0.2, 0) is 5.41 Å². The number of nitrogens with one attached hydrogen (secondary N) is 1. The maximum absolute atomic E-state index is 3.70. The minimum atomic E-state index is -0.0542. The van der Waals surface area contributed by atoms with E-state index in [2.05, 4.69) is 115 Å². The second kappa shape index (κ2) is 5.74. The lowest BCUT2D eigenvalue weighted by molar-refractivity contribution is 0.639. The van der Waals surface area contributed by atoms with Crippen LogP contribution < -0.4 is 5.32 Å². The van der Waals surface area contributed by atoms with E-state index in [4.69, 9.17) is 0 Å². The van der Waals surface area contributed by atoms with Crippen molar-refractivity contribution in [2.45, 2.75) is 19.3 Å². The molecule has 29 heavy (non-hydrogen) atoms. The van der Waals surface area contributed by atoms with E-state index in [1.807, 2.05) is 0 Å². The van der Waals surface area contributed by atoms with Crippen molar-refractivity contribution in [1.82, 2.24) is 4.57 Å². The predicted octanol–water partition coefficient (Wildman–Crippen LogP) is 7.17. The van der Waals surface area contributed by atoms with Crippen molar-refractivity contribution in [2.75, 3.05) is 5.32 Å². The van der Waals surface area contributed by atoms with Gasteiger partial charge in [-0.15, -0.1) is 0 Å². The Morgan fingerprint density at radius 2 is 1.34 bits per heavy atom. The summed E-state index contributed by atoms with van der Waals surface area (Å²) in [6.07, 6.45) is 0. The van der Waals surface area contributed by atoms with Crippen LogP contribution in [0.2, 0.25) is 0 Å². The van der Waals surface area contributed by atoms with Crippen LogP contribution in [0, 0.1) is 0 Å². The van der Waals surface area contributed by atoms with E-state index in [9.17, 15) is 0 Å². The molecule has 2 nitrogen and oxygen atoms in total. The Labute approximate surface area is 170 Å². The standard InChI is InChI=1S/C27H22N2/c1-27(2)21-13-7-8-14-23(21)28-24-17-26-20(16-22(24)27)19-12-6-9-15-25(19)29(26)18-10-4-3-5-11-18/h3-17,28H,1-2H3. The second-order valence-corrected chi connectivity index (χ2v) is 8.40. The Kier molecular flexibility index (Phi) is 3.25. The third-order valence-electron chi connectivity index (χ3n) is 6.37. The molecule has 6 rings (SSSR count). The first-order valence-corrected chi connectivity index (χ1v) is 10.1. The van der Waals surface area contributed by atoms with Crippen LogP contribution in [0.15, 0.2) is 91.0 Å². The molecule has 2 heterocycles. The molecule has 2 heteroatoms. The first kappa shape index (κ1) is 16.4. The molecule has 0 saturated heterocycles. The van der Waals surface area contributed by atoms with E-state index >= 15 is 0 Å². The van der Waals surface area contributed by atoms with Crippen LogP contribution in [-0.4, -0.2) is 4.57 Å². The zero-order valence-electron chi connectivity index (χ0n) is 16.6. The topological polar surface area (TPSA) is 17.0 Å². The summed E-state index contributed by atoms with van der Waals surface area (Å²) in [4.78, 5) is 0. The third kappa shape index (κ3) is 2.23. The minimum Gasteiger partial charge on any atom is -0.355 e.